The molecule has 0 spiro atoms. The number of hydrogen-bond donors (Lipinski definition) is 1. The quantitative estimate of drug-likeness (QED) is 0.290. The molecule has 2 aliphatic carbocycles. The van der Waals surface area contributed by atoms with Gasteiger partial charge in [0.1, 0.15) is 24.7 Å². The van der Waals surface area contributed by atoms with E-state index in [2.05, 4.69) is 53.5 Å². The Hall–Kier alpha value is -3.63. The summed E-state index contributed by atoms with van der Waals surface area (Å²) in [5, 5.41) is 11.7. The van der Waals surface area contributed by atoms with Crippen LogP contribution in [0.2, 0.25) is 0 Å². The Morgan fingerprint density at radius 2 is 1.61 bits per heavy atom. The first-order valence-electron chi connectivity index (χ1n) is 13.7. The van der Waals surface area contributed by atoms with E-state index < -0.39 is 5.60 Å². The number of aliphatic hydroxyl groups is 1. The van der Waals surface area contributed by atoms with Crippen LogP contribution in [0, 0.1) is 5.92 Å². The molecule has 1 heterocycles. The number of aromatic nitrogens is 1. The third-order valence-corrected chi connectivity index (χ3v) is 8.56. The number of hydrogen-bond acceptors (Lipinski definition) is 4. The van der Waals surface area contributed by atoms with E-state index in [9.17, 15) is 5.11 Å². The van der Waals surface area contributed by atoms with Crippen molar-refractivity contribution < 1.29 is 14.6 Å². The maximum absolute atomic E-state index is 11.7. The highest BCUT2D eigenvalue weighted by atomic mass is 16.5. The van der Waals surface area contributed by atoms with Gasteiger partial charge < -0.3 is 14.6 Å². The minimum Gasteiger partial charge on any atom is -0.491 e. The molecule has 2 aliphatic rings. The lowest BCUT2D eigenvalue weighted by molar-refractivity contribution is -0.0765. The average molecular weight is 506 g/mol. The van der Waals surface area contributed by atoms with Gasteiger partial charge in [0.05, 0.1) is 5.60 Å². The molecule has 1 fully saturated rings. The summed E-state index contributed by atoms with van der Waals surface area (Å²) in [7, 11) is 0. The number of ether oxygens (including phenoxy) is 2. The molecule has 0 unspecified atom stereocenters. The van der Waals surface area contributed by atoms with E-state index in [1.807, 2.05) is 48.7 Å². The van der Waals surface area contributed by atoms with Gasteiger partial charge in [-0.25, -0.2) is 0 Å². The van der Waals surface area contributed by atoms with Gasteiger partial charge in [-0.3, -0.25) is 4.98 Å². The van der Waals surface area contributed by atoms with Crippen LogP contribution in [0.1, 0.15) is 47.9 Å². The number of fused-ring (bicyclic) bond motifs is 3. The number of nitrogens with zero attached hydrogens (tertiary/aromatic N) is 1. The molecule has 4 heteroatoms. The molecule has 3 aromatic carbocycles. The molecule has 1 aromatic heterocycles. The van der Waals surface area contributed by atoms with Crippen molar-refractivity contribution in [3.63, 3.8) is 0 Å². The van der Waals surface area contributed by atoms with Crippen molar-refractivity contribution in [2.45, 2.75) is 56.1 Å². The summed E-state index contributed by atoms with van der Waals surface area (Å²) >= 11 is 0. The van der Waals surface area contributed by atoms with Crippen LogP contribution in [0.15, 0.2) is 103 Å². The van der Waals surface area contributed by atoms with Gasteiger partial charge in [-0.2, -0.15) is 0 Å². The molecular formula is C34H35NO3. The number of para-hydroxylation sites is 1. The summed E-state index contributed by atoms with van der Waals surface area (Å²) in [4.78, 5) is 4.19. The molecule has 1 N–H and O–H groups in total. The van der Waals surface area contributed by atoms with Crippen LogP contribution in [0.25, 0.3) is 0 Å². The summed E-state index contributed by atoms with van der Waals surface area (Å²) in [5.74, 6) is 2.11. The van der Waals surface area contributed by atoms with Gasteiger partial charge >= 0.3 is 0 Å². The van der Waals surface area contributed by atoms with E-state index in [-0.39, 0.29) is 5.41 Å². The molecule has 0 amide bonds. The molecule has 0 saturated heterocycles. The lowest BCUT2D eigenvalue weighted by atomic mass is 9.52. The van der Waals surface area contributed by atoms with Crippen molar-refractivity contribution in [1.29, 1.82) is 0 Å². The Labute approximate surface area is 225 Å². The Balaban J connectivity index is 1.26. The largest absolute Gasteiger partial charge is 0.491 e. The number of pyridine rings is 1. The highest BCUT2D eigenvalue weighted by molar-refractivity contribution is 5.45. The van der Waals surface area contributed by atoms with E-state index in [0.29, 0.717) is 19.1 Å². The maximum Gasteiger partial charge on any atom is 0.120 e. The van der Waals surface area contributed by atoms with E-state index in [4.69, 9.17) is 9.47 Å². The molecule has 38 heavy (non-hydrogen) atoms. The van der Waals surface area contributed by atoms with Crippen molar-refractivity contribution in [2.24, 2.45) is 5.92 Å². The average Bonchev–Trinajstić information content (AvgIpc) is 2.97. The standard InChI is InChI=1S/C34H35NO3/c36-33(25-38-30-11-5-2-6-12-30)17-18-34(21-26-8-3-1-4-9-26)29(22-33)14-13-28-20-31(15-16-32(28)34)37-24-27-10-7-19-35-23-27/h1-12,15-16,19-20,23,29,36H,13-14,17-18,21-22,24-25H2/t29-,33-,34+/m1/s1. The van der Waals surface area contributed by atoms with E-state index in [0.717, 1.165) is 55.6 Å². The zero-order valence-electron chi connectivity index (χ0n) is 21.8. The van der Waals surface area contributed by atoms with Crippen molar-refractivity contribution >= 4 is 0 Å². The van der Waals surface area contributed by atoms with Gasteiger partial charge in [-0.05, 0) is 91.5 Å². The highest BCUT2D eigenvalue weighted by Gasteiger charge is 2.51. The third-order valence-electron chi connectivity index (χ3n) is 8.56. The lowest BCUT2D eigenvalue weighted by Gasteiger charge is -2.53. The molecule has 194 valence electrons. The molecule has 1 saturated carbocycles. The Morgan fingerprint density at radius 1 is 0.816 bits per heavy atom. The summed E-state index contributed by atoms with van der Waals surface area (Å²) in [5.41, 5.74) is 4.41. The monoisotopic (exact) mass is 505 g/mol. The predicted octanol–water partition coefficient (Wildman–Crippen LogP) is 6.70. The molecular weight excluding hydrogens is 470 g/mol. The smallest absolute Gasteiger partial charge is 0.120 e. The molecule has 0 radical (unpaired) electrons. The van der Waals surface area contributed by atoms with Gasteiger partial charge in [-0.15, -0.1) is 0 Å². The minimum atomic E-state index is -0.815. The second-order valence-electron chi connectivity index (χ2n) is 11.1. The summed E-state index contributed by atoms with van der Waals surface area (Å²) in [6.45, 7) is 0.849. The molecule has 4 aromatic rings. The minimum absolute atomic E-state index is 0.00417. The first-order valence-corrected chi connectivity index (χ1v) is 13.7. The Morgan fingerprint density at radius 3 is 2.39 bits per heavy atom. The normalized spacial score (nSPS) is 24.2. The fraction of sp³-hybridized carbons (Fsp3) is 0.324. The van der Waals surface area contributed by atoms with Gasteiger partial charge in [0.15, 0.2) is 0 Å². The second kappa shape index (κ2) is 10.6. The first kappa shape index (κ1) is 24.7. The van der Waals surface area contributed by atoms with Gasteiger partial charge in [0.25, 0.3) is 0 Å². The van der Waals surface area contributed by atoms with Crippen molar-refractivity contribution in [2.75, 3.05) is 6.61 Å². The van der Waals surface area contributed by atoms with Crippen LogP contribution >= 0.6 is 0 Å². The van der Waals surface area contributed by atoms with Crippen molar-refractivity contribution in [3.8, 4) is 11.5 Å². The van der Waals surface area contributed by atoms with E-state index in [1.165, 1.54) is 16.7 Å². The summed E-state index contributed by atoms with van der Waals surface area (Å²) in [6, 6.07) is 31.3. The van der Waals surface area contributed by atoms with Gasteiger partial charge in [0, 0.05) is 23.4 Å². The van der Waals surface area contributed by atoms with Crippen LogP contribution < -0.4 is 9.47 Å². The van der Waals surface area contributed by atoms with E-state index in [1.54, 1.807) is 6.20 Å². The van der Waals surface area contributed by atoms with Crippen molar-refractivity contribution in [3.05, 3.63) is 126 Å². The zero-order chi connectivity index (χ0) is 25.8. The topological polar surface area (TPSA) is 51.6 Å². The fourth-order valence-corrected chi connectivity index (χ4v) is 6.63. The number of benzene rings is 3. The fourth-order valence-electron chi connectivity index (χ4n) is 6.63. The van der Waals surface area contributed by atoms with Crippen LogP contribution in [-0.4, -0.2) is 22.3 Å². The second-order valence-corrected chi connectivity index (χ2v) is 11.1. The van der Waals surface area contributed by atoms with Crippen LogP contribution in [0.5, 0.6) is 11.5 Å². The Bertz CT molecular complexity index is 1340. The zero-order valence-corrected chi connectivity index (χ0v) is 21.8. The molecule has 3 atom stereocenters. The molecule has 6 rings (SSSR count). The van der Waals surface area contributed by atoms with Gasteiger partial charge in [-0.1, -0.05) is 60.7 Å². The SMILES string of the molecule is O[C@]1(COc2ccccc2)CC[C@@]2(Cc3ccccc3)c3ccc(OCc4cccnc4)cc3CC[C@@H]2C1. The van der Waals surface area contributed by atoms with Crippen LogP contribution in [0.3, 0.4) is 0 Å². The third kappa shape index (κ3) is 5.19. The van der Waals surface area contributed by atoms with Crippen molar-refractivity contribution in [1.82, 2.24) is 4.98 Å². The van der Waals surface area contributed by atoms with Crippen LogP contribution in [-0.2, 0) is 24.9 Å². The molecule has 4 nitrogen and oxygen atoms in total. The van der Waals surface area contributed by atoms with Crippen LogP contribution in [0.4, 0.5) is 0 Å². The highest BCUT2D eigenvalue weighted by Crippen LogP contribution is 2.54. The maximum atomic E-state index is 11.7. The molecule has 0 bridgehead atoms. The summed E-state index contributed by atoms with van der Waals surface area (Å²) in [6.07, 6.45) is 9.08. The number of rotatable bonds is 8. The summed E-state index contributed by atoms with van der Waals surface area (Å²) < 4.78 is 12.2. The predicted molar refractivity (Wildman–Crippen MR) is 149 cm³/mol. The molecule has 0 aliphatic heterocycles. The lowest BCUT2D eigenvalue weighted by Crippen LogP contribution is -2.53. The Kier molecular flexibility index (Phi) is 6.90. The van der Waals surface area contributed by atoms with E-state index >= 15 is 0 Å². The van der Waals surface area contributed by atoms with Gasteiger partial charge in [0.2, 0.25) is 0 Å². The first-order chi connectivity index (χ1) is 18.6. The number of aryl methyl sites for hydroxylation is 1.